The first kappa shape index (κ1) is 15.8. The largest absolute Gasteiger partial charge is 0.395 e. The summed E-state index contributed by atoms with van der Waals surface area (Å²) in [5.74, 6) is 1.57. The third kappa shape index (κ3) is 3.02. The van der Waals surface area contributed by atoms with Crippen molar-refractivity contribution in [2.45, 2.75) is 32.6 Å². The van der Waals surface area contributed by atoms with E-state index in [-0.39, 0.29) is 17.9 Å². The number of halogens is 1. The van der Waals surface area contributed by atoms with Gasteiger partial charge >= 0.3 is 0 Å². The first-order valence-corrected chi connectivity index (χ1v) is 8.55. The zero-order valence-corrected chi connectivity index (χ0v) is 13.9. The van der Waals surface area contributed by atoms with Gasteiger partial charge in [-0.15, -0.1) is 0 Å². The molecule has 1 amide bonds. The van der Waals surface area contributed by atoms with Crippen LogP contribution in [0.1, 0.15) is 43.0 Å². The summed E-state index contributed by atoms with van der Waals surface area (Å²) >= 11 is 5.89. The van der Waals surface area contributed by atoms with E-state index < -0.39 is 0 Å². The van der Waals surface area contributed by atoms with Gasteiger partial charge < -0.3 is 10.0 Å². The second-order valence-electron chi connectivity index (χ2n) is 7.19. The van der Waals surface area contributed by atoms with Crippen LogP contribution in [0.4, 0.5) is 0 Å². The van der Waals surface area contributed by atoms with Gasteiger partial charge in [0.1, 0.15) is 0 Å². The lowest BCUT2D eigenvalue weighted by molar-refractivity contribution is 0.0538. The highest BCUT2D eigenvalue weighted by molar-refractivity contribution is 6.30. The van der Waals surface area contributed by atoms with Crippen LogP contribution in [0, 0.1) is 17.3 Å². The third-order valence-electron chi connectivity index (χ3n) is 5.58. The Balaban J connectivity index is 1.75. The van der Waals surface area contributed by atoms with Crippen LogP contribution in [-0.4, -0.2) is 35.6 Å². The van der Waals surface area contributed by atoms with Gasteiger partial charge in [-0.3, -0.25) is 4.79 Å². The molecule has 2 aliphatic carbocycles. The molecule has 2 saturated carbocycles. The van der Waals surface area contributed by atoms with Crippen molar-refractivity contribution >= 4 is 17.5 Å². The number of rotatable bonds is 5. The Morgan fingerprint density at radius 1 is 1.36 bits per heavy atom. The molecule has 1 aromatic rings. The van der Waals surface area contributed by atoms with Crippen molar-refractivity contribution in [1.82, 2.24) is 4.90 Å². The van der Waals surface area contributed by atoms with Gasteiger partial charge in [-0.25, -0.2) is 0 Å². The van der Waals surface area contributed by atoms with E-state index in [0.717, 1.165) is 18.4 Å². The Kier molecular flexibility index (Phi) is 4.47. The van der Waals surface area contributed by atoms with E-state index in [1.54, 1.807) is 24.3 Å². The molecule has 2 bridgehead atoms. The fraction of sp³-hybridized carbons (Fsp3) is 0.611. The van der Waals surface area contributed by atoms with Crippen LogP contribution < -0.4 is 0 Å². The molecule has 22 heavy (non-hydrogen) atoms. The standard InChI is InChI=1S/C18H24ClNO2/c1-18(11-13-2-5-15(18)10-13)12-20(8-9-21)17(22)14-3-6-16(19)7-4-14/h3-4,6-7,13,15,21H,2,5,8-12H2,1H3. The summed E-state index contributed by atoms with van der Waals surface area (Å²) in [6, 6.07) is 7.01. The maximum absolute atomic E-state index is 12.8. The molecule has 0 spiro atoms. The molecule has 1 aromatic carbocycles. The molecule has 1 N–H and O–H groups in total. The maximum Gasteiger partial charge on any atom is 0.253 e. The molecule has 3 rings (SSSR count). The zero-order chi connectivity index (χ0) is 15.7. The minimum absolute atomic E-state index is 0.00348. The second kappa shape index (κ2) is 6.21. The van der Waals surface area contributed by atoms with Gasteiger partial charge in [0.2, 0.25) is 0 Å². The van der Waals surface area contributed by atoms with Crippen LogP contribution in [0.15, 0.2) is 24.3 Å². The number of hydrogen-bond acceptors (Lipinski definition) is 2. The van der Waals surface area contributed by atoms with Gasteiger partial charge in [-0.05, 0) is 60.8 Å². The average molecular weight is 322 g/mol. The summed E-state index contributed by atoms with van der Waals surface area (Å²) in [5.41, 5.74) is 0.852. The number of hydrogen-bond donors (Lipinski definition) is 1. The number of fused-ring (bicyclic) bond motifs is 2. The van der Waals surface area contributed by atoms with Gasteiger partial charge in [0.25, 0.3) is 5.91 Å². The van der Waals surface area contributed by atoms with Crippen molar-refractivity contribution in [3.63, 3.8) is 0 Å². The van der Waals surface area contributed by atoms with Crippen molar-refractivity contribution in [2.75, 3.05) is 19.7 Å². The maximum atomic E-state index is 12.8. The Morgan fingerprint density at radius 3 is 2.64 bits per heavy atom. The minimum Gasteiger partial charge on any atom is -0.395 e. The lowest BCUT2D eigenvalue weighted by Gasteiger charge is -2.38. The summed E-state index contributed by atoms with van der Waals surface area (Å²) < 4.78 is 0. The summed E-state index contributed by atoms with van der Waals surface area (Å²) in [6.07, 6.45) is 5.18. The van der Waals surface area contributed by atoms with Crippen molar-refractivity contribution in [2.24, 2.45) is 17.3 Å². The molecule has 4 heteroatoms. The predicted molar refractivity (Wildman–Crippen MR) is 88.0 cm³/mol. The van der Waals surface area contributed by atoms with E-state index >= 15 is 0 Å². The molecule has 3 unspecified atom stereocenters. The average Bonchev–Trinajstić information content (AvgIpc) is 3.07. The normalized spacial score (nSPS) is 29.8. The SMILES string of the molecule is CC1(CN(CCO)C(=O)c2ccc(Cl)cc2)CC2CCC1C2. The topological polar surface area (TPSA) is 40.5 Å². The number of aliphatic hydroxyl groups is 1. The summed E-state index contributed by atoms with van der Waals surface area (Å²) in [5, 5.41) is 9.98. The molecule has 0 aromatic heterocycles. The van der Waals surface area contributed by atoms with Crippen LogP contribution in [0.25, 0.3) is 0 Å². The number of nitrogens with zero attached hydrogens (tertiary/aromatic N) is 1. The third-order valence-corrected chi connectivity index (χ3v) is 5.83. The quantitative estimate of drug-likeness (QED) is 0.900. The Bertz CT molecular complexity index is 545. The Labute approximate surface area is 137 Å². The van der Waals surface area contributed by atoms with Crippen LogP contribution >= 0.6 is 11.6 Å². The van der Waals surface area contributed by atoms with Crippen molar-refractivity contribution < 1.29 is 9.90 Å². The van der Waals surface area contributed by atoms with Crippen molar-refractivity contribution in [3.05, 3.63) is 34.9 Å². The van der Waals surface area contributed by atoms with Crippen molar-refractivity contribution in [1.29, 1.82) is 0 Å². The predicted octanol–water partition coefficient (Wildman–Crippen LogP) is 3.60. The number of carbonyl (C=O) groups excluding carboxylic acids is 1. The molecular formula is C18H24ClNO2. The lowest BCUT2D eigenvalue weighted by Crippen LogP contribution is -2.43. The van der Waals surface area contributed by atoms with E-state index in [4.69, 9.17) is 11.6 Å². The number of carbonyl (C=O) groups is 1. The van der Waals surface area contributed by atoms with Gasteiger partial charge in [-0.2, -0.15) is 0 Å². The number of amides is 1. The number of aliphatic hydroxyl groups excluding tert-OH is 1. The van der Waals surface area contributed by atoms with E-state index in [0.29, 0.717) is 17.1 Å². The Morgan fingerprint density at radius 2 is 2.09 bits per heavy atom. The van der Waals surface area contributed by atoms with E-state index in [1.165, 1.54) is 25.7 Å². The van der Waals surface area contributed by atoms with Gasteiger partial charge in [0.15, 0.2) is 0 Å². The molecule has 2 aliphatic rings. The molecule has 2 fully saturated rings. The molecule has 0 radical (unpaired) electrons. The molecule has 0 saturated heterocycles. The van der Waals surface area contributed by atoms with E-state index in [1.807, 2.05) is 4.90 Å². The van der Waals surface area contributed by atoms with Gasteiger partial charge in [0.05, 0.1) is 6.61 Å². The highest BCUT2D eigenvalue weighted by atomic mass is 35.5. The highest BCUT2D eigenvalue weighted by Gasteiger charge is 2.48. The van der Waals surface area contributed by atoms with E-state index in [2.05, 4.69) is 6.92 Å². The van der Waals surface area contributed by atoms with Crippen molar-refractivity contribution in [3.8, 4) is 0 Å². The highest BCUT2D eigenvalue weighted by Crippen LogP contribution is 2.56. The zero-order valence-electron chi connectivity index (χ0n) is 13.1. The fourth-order valence-electron chi connectivity index (χ4n) is 4.50. The molecule has 0 heterocycles. The summed E-state index contributed by atoms with van der Waals surface area (Å²) in [4.78, 5) is 14.6. The first-order valence-electron chi connectivity index (χ1n) is 8.17. The second-order valence-corrected chi connectivity index (χ2v) is 7.63. The molecule has 120 valence electrons. The lowest BCUT2D eigenvalue weighted by atomic mass is 9.74. The molecular weight excluding hydrogens is 298 g/mol. The first-order chi connectivity index (χ1) is 10.5. The summed E-state index contributed by atoms with van der Waals surface area (Å²) in [7, 11) is 0. The minimum atomic E-state index is -0.00489. The van der Waals surface area contributed by atoms with Crippen LogP contribution in [-0.2, 0) is 0 Å². The van der Waals surface area contributed by atoms with Crippen LogP contribution in [0.3, 0.4) is 0 Å². The fourth-order valence-corrected chi connectivity index (χ4v) is 4.62. The van der Waals surface area contributed by atoms with Gasteiger partial charge in [0, 0.05) is 23.7 Å². The monoisotopic (exact) mass is 321 g/mol. The molecule has 3 nitrogen and oxygen atoms in total. The molecule has 3 atom stereocenters. The number of benzene rings is 1. The van der Waals surface area contributed by atoms with Crippen LogP contribution in [0.2, 0.25) is 5.02 Å². The smallest absolute Gasteiger partial charge is 0.253 e. The Hall–Kier alpha value is -1.06. The summed E-state index contributed by atoms with van der Waals surface area (Å²) in [6.45, 7) is 3.46. The van der Waals surface area contributed by atoms with Gasteiger partial charge in [-0.1, -0.05) is 24.9 Å². The van der Waals surface area contributed by atoms with Crippen LogP contribution in [0.5, 0.6) is 0 Å². The molecule has 0 aliphatic heterocycles. The van der Waals surface area contributed by atoms with E-state index in [9.17, 15) is 9.90 Å².